The first-order chi connectivity index (χ1) is 7.74. The van der Waals surface area contributed by atoms with Gasteiger partial charge in [0, 0.05) is 24.0 Å². The van der Waals surface area contributed by atoms with E-state index in [4.69, 9.17) is 0 Å². The fraction of sp³-hybridized carbons (Fsp3) is 0.750. The number of anilines is 1. The van der Waals surface area contributed by atoms with Crippen LogP contribution in [-0.2, 0) is 0 Å². The molecule has 1 saturated carbocycles. The van der Waals surface area contributed by atoms with E-state index in [2.05, 4.69) is 41.2 Å². The Bertz CT molecular complexity index is 344. The van der Waals surface area contributed by atoms with E-state index >= 15 is 0 Å². The zero-order valence-corrected chi connectivity index (χ0v) is 11.2. The van der Waals surface area contributed by atoms with Gasteiger partial charge in [-0.15, -0.1) is 0 Å². The van der Waals surface area contributed by atoms with Crippen molar-refractivity contribution < 1.29 is 0 Å². The lowest BCUT2D eigenvalue weighted by Gasteiger charge is -2.17. The van der Waals surface area contributed by atoms with Crippen LogP contribution in [0.15, 0.2) is 6.20 Å². The van der Waals surface area contributed by atoms with Gasteiger partial charge < -0.3 is 9.88 Å². The molecular formula is C12H21N3S. The third kappa shape index (κ3) is 2.73. The maximum Gasteiger partial charge on any atom is 0.203 e. The molecule has 16 heavy (non-hydrogen) atoms. The highest BCUT2D eigenvalue weighted by molar-refractivity contribution is 7.98. The first-order valence-corrected chi connectivity index (χ1v) is 7.45. The third-order valence-corrected chi connectivity index (χ3v) is 3.72. The van der Waals surface area contributed by atoms with Gasteiger partial charge in [0.15, 0.2) is 0 Å². The number of nitrogens with one attached hydrogen (secondary N) is 1. The monoisotopic (exact) mass is 239 g/mol. The van der Waals surface area contributed by atoms with Crippen LogP contribution >= 0.6 is 11.8 Å². The number of aryl methyl sites for hydroxylation is 1. The first-order valence-electron chi connectivity index (χ1n) is 6.05. The van der Waals surface area contributed by atoms with Gasteiger partial charge in [-0.25, -0.2) is 4.98 Å². The SMILES string of the molecule is CCC(CSC)Nc1nc(C)cn1C1CC1. The number of aromatic nitrogens is 2. The predicted octanol–water partition coefficient (Wildman–Crippen LogP) is 3.08. The average molecular weight is 239 g/mol. The first kappa shape index (κ1) is 11.8. The molecule has 1 aromatic heterocycles. The number of hydrogen-bond donors (Lipinski definition) is 1. The van der Waals surface area contributed by atoms with Gasteiger partial charge in [0.1, 0.15) is 0 Å². The quantitative estimate of drug-likeness (QED) is 0.827. The summed E-state index contributed by atoms with van der Waals surface area (Å²) in [7, 11) is 0. The van der Waals surface area contributed by atoms with Gasteiger partial charge >= 0.3 is 0 Å². The van der Waals surface area contributed by atoms with Gasteiger partial charge in [-0.3, -0.25) is 0 Å². The lowest BCUT2D eigenvalue weighted by molar-refractivity contribution is 0.706. The number of nitrogens with zero attached hydrogens (tertiary/aromatic N) is 2. The second-order valence-electron chi connectivity index (χ2n) is 4.55. The molecule has 1 fully saturated rings. The van der Waals surface area contributed by atoms with Crippen molar-refractivity contribution in [1.82, 2.24) is 9.55 Å². The van der Waals surface area contributed by atoms with Crippen LogP contribution in [0.5, 0.6) is 0 Å². The largest absolute Gasteiger partial charge is 0.352 e. The second-order valence-corrected chi connectivity index (χ2v) is 5.46. The lowest BCUT2D eigenvalue weighted by Crippen LogP contribution is -2.23. The summed E-state index contributed by atoms with van der Waals surface area (Å²) in [5.41, 5.74) is 1.12. The van der Waals surface area contributed by atoms with Crippen molar-refractivity contribution in [2.75, 3.05) is 17.3 Å². The molecule has 1 N–H and O–H groups in total. The Kier molecular flexibility index (Phi) is 3.79. The van der Waals surface area contributed by atoms with E-state index in [-0.39, 0.29) is 0 Å². The molecule has 1 heterocycles. The molecule has 0 saturated heterocycles. The van der Waals surface area contributed by atoms with Crippen molar-refractivity contribution in [3.05, 3.63) is 11.9 Å². The molecule has 3 nitrogen and oxygen atoms in total. The molecule has 0 radical (unpaired) electrons. The molecule has 0 aliphatic heterocycles. The highest BCUT2D eigenvalue weighted by Gasteiger charge is 2.26. The van der Waals surface area contributed by atoms with Crippen molar-refractivity contribution >= 4 is 17.7 Å². The Morgan fingerprint density at radius 3 is 2.94 bits per heavy atom. The highest BCUT2D eigenvalue weighted by atomic mass is 32.2. The van der Waals surface area contributed by atoms with Gasteiger partial charge in [0.25, 0.3) is 0 Å². The van der Waals surface area contributed by atoms with E-state index < -0.39 is 0 Å². The summed E-state index contributed by atoms with van der Waals surface area (Å²) in [5.74, 6) is 2.22. The van der Waals surface area contributed by atoms with Crippen LogP contribution in [0.1, 0.15) is 37.9 Å². The minimum Gasteiger partial charge on any atom is -0.352 e. The van der Waals surface area contributed by atoms with Gasteiger partial charge in [-0.05, 0) is 32.4 Å². The predicted molar refractivity (Wildman–Crippen MR) is 71.3 cm³/mol. The van der Waals surface area contributed by atoms with Crippen LogP contribution in [0.25, 0.3) is 0 Å². The molecule has 0 bridgehead atoms. The van der Waals surface area contributed by atoms with Crippen molar-refractivity contribution in [3.63, 3.8) is 0 Å². The summed E-state index contributed by atoms with van der Waals surface area (Å²) in [5, 5.41) is 3.57. The Balaban J connectivity index is 2.06. The van der Waals surface area contributed by atoms with Gasteiger partial charge in [0.2, 0.25) is 5.95 Å². The van der Waals surface area contributed by atoms with Gasteiger partial charge in [0.05, 0.1) is 5.69 Å². The number of imidazole rings is 1. The topological polar surface area (TPSA) is 29.9 Å². The molecule has 90 valence electrons. The molecule has 0 spiro atoms. The number of hydrogen-bond acceptors (Lipinski definition) is 3. The smallest absolute Gasteiger partial charge is 0.203 e. The molecule has 4 heteroatoms. The summed E-state index contributed by atoms with van der Waals surface area (Å²) < 4.78 is 2.32. The minimum absolute atomic E-state index is 0.536. The van der Waals surface area contributed by atoms with Crippen molar-refractivity contribution in [2.45, 2.75) is 45.2 Å². The standard InChI is InChI=1S/C12H21N3S/c1-4-10(8-16-3)14-12-13-9(2)7-15(12)11-5-6-11/h7,10-11H,4-6,8H2,1-3H3,(H,13,14). The summed E-state index contributed by atoms with van der Waals surface area (Å²) in [4.78, 5) is 4.58. The number of rotatable bonds is 6. The maximum atomic E-state index is 4.58. The average Bonchev–Trinajstić information content (AvgIpc) is 3.03. The van der Waals surface area contributed by atoms with Crippen LogP contribution in [0.4, 0.5) is 5.95 Å². The molecule has 0 aromatic carbocycles. The van der Waals surface area contributed by atoms with Crippen LogP contribution in [0.2, 0.25) is 0 Å². The summed E-state index contributed by atoms with van der Waals surface area (Å²) >= 11 is 1.89. The van der Waals surface area contributed by atoms with E-state index in [0.717, 1.165) is 23.8 Å². The molecule has 1 aromatic rings. The third-order valence-electron chi connectivity index (χ3n) is 2.99. The lowest BCUT2D eigenvalue weighted by atomic mass is 10.3. The molecule has 1 unspecified atom stereocenters. The fourth-order valence-electron chi connectivity index (χ4n) is 1.90. The number of thioether (sulfide) groups is 1. The van der Waals surface area contributed by atoms with Crippen LogP contribution in [0.3, 0.4) is 0 Å². The Morgan fingerprint density at radius 1 is 1.62 bits per heavy atom. The highest BCUT2D eigenvalue weighted by Crippen LogP contribution is 2.37. The molecular weight excluding hydrogens is 218 g/mol. The molecule has 2 rings (SSSR count). The molecule has 1 aliphatic rings. The van der Waals surface area contributed by atoms with E-state index in [0.29, 0.717) is 12.1 Å². The Morgan fingerprint density at radius 2 is 2.38 bits per heavy atom. The minimum atomic E-state index is 0.536. The zero-order chi connectivity index (χ0) is 11.5. The second kappa shape index (κ2) is 5.13. The van der Waals surface area contributed by atoms with Crippen molar-refractivity contribution in [2.24, 2.45) is 0 Å². The summed E-state index contributed by atoms with van der Waals surface area (Å²) in [6.45, 7) is 4.30. The van der Waals surface area contributed by atoms with Crippen LogP contribution in [0, 0.1) is 6.92 Å². The fourth-order valence-corrected chi connectivity index (χ4v) is 2.62. The van der Waals surface area contributed by atoms with Gasteiger partial charge in [-0.1, -0.05) is 6.92 Å². The molecule has 0 amide bonds. The Labute approximate surface area is 102 Å². The molecule has 1 atom stereocenters. The van der Waals surface area contributed by atoms with Gasteiger partial charge in [-0.2, -0.15) is 11.8 Å². The van der Waals surface area contributed by atoms with E-state index in [1.54, 1.807) is 0 Å². The van der Waals surface area contributed by atoms with Crippen molar-refractivity contribution in [3.8, 4) is 0 Å². The van der Waals surface area contributed by atoms with Crippen LogP contribution < -0.4 is 5.32 Å². The van der Waals surface area contributed by atoms with Crippen LogP contribution in [-0.4, -0.2) is 27.6 Å². The normalized spacial score (nSPS) is 17.4. The maximum absolute atomic E-state index is 4.58. The summed E-state index contributed by atoms with van der Waals surface area (Å²) in [6.07, 6.45) is 8.10. The van der Waals surface area contributed by atoms with E-state index in [1.165, 1.54) is 12.8 Å². The summed E-state index contributed by atoms with van der Waals surface area (Å²) in [6, 6.07) is 1.24. The van der Waals surface area contributed by atoms with E-state index in [1.807, 2.05) is 11.8 Å². The van der Waals surface area contributed by atoms with E-state index in [9.17, 15) is 0 Å². The van der Waals surface area contributed by atoms with Crippen molar-refractivity contribution in [1.29, 1.82) is 0 Å². The molecule has 1 aliphatic carbocycles. The zero-order valence-electron chi connectivity index (χ0n) is 10.4. The Hall–Kier alpha value is -0.640.